The summed E-state index contributed by atoms with van der Waals surface area (Å²) in [6.07, 6.45) is 0. The molecule has 2 N–H and O–H groups in total. The van der Waals surface area contributed by atoms with Crippen LogP contribution in [0.25, 0.3) is 55.6 Å². The number of aromatic hydroxyl groups is 2. The van der Waals surface area contributed by atoms with Gasteiger partial charge in [-0.15, -0.1) is 0 Å². The quantitative estimate of drug-likeness (QED) is 0.181. The Balaban J connectivity index is 2.22. The fourth-order valence-electron chi connectivity index (χ4n) is 12.1. The van der Waals surface area contributed by atoms with Crippen molar-refractivity contribution in [2.75, 3.05) is 0 Å². The fourth-order valence-corrected chi connectivity index (χ4v) is 12.1. The third kappa shape index (κ3) is 11.2. The second kappa shape index (κ2) is 18.9. The van der Waals surface area contributed by atoms with Crippen LogP contribution in [0.5, 0.6) is 11.5 Å². The summed E-state index contributed by atoms with van der Waals surface area (Å²) >= 11 is 0. The van der Waals surface area contributed by atoms with Crippen molar-refractivity contribution in [3.63, 3.8) is 0 Å². The molecular weight excluding hydrogens is 897 g/mol. The van der Waals surface area contributed by atoms with Gasteiger partial charge in [0.1, 0.15) is 11.5 Å². The highest BCUT2D eigenvalue weighted by molar-refractivity contribution is 6.12. The lowest BCUT2D eigenvalue weighted by Crippen LogP contribution is -2.21. The average Bonchev–Trinajstić information content (AvgIpc) is 3.19. The number of hydrogen-bond donors (Lipinski definition) is 2. The second-order valence-electron chi connectivity index (χ2n) is 30.6. The largest absolute Gasteiger partial charge is 0.508 e. The Morgan fingerprint density at radius 1 is 0.243 bits per heavy atom. The summed E-state index contributed by atoms with van der Waals surface area (Å²) in [5, 5.41) is 26.0. The number of benzene rings is 6. The van der Waals surface area contributed by atoms with Crippen molar-refractivity contribution in [2.45, 2.75) is 237 Å². The molecule has 0 saturated heterocycles. The summed E-state index contributed by atoms with van der Waals surface area (Å²) in [6, 6.07) is 27.5. The van der Waals surface area contributed by atoms with Gasteiger partial charge >= 0.3 is 0 Å². The van der Waals surface area contributed by atoms with Crippen molar-refractivity contribution in [2.24, 2.45) is 0 Å². The van der Waals surface area contributed by atoms with E-state index in [1.807, 2.05) is 12.1 Å². The van der Waals surface area contributed by atoms with Gasteiger partial charge < -0.3 is 10.2 Å². The molecule has 6 rings (SSSR count). The molecule has 0 atom stereocenters. The minimum Gasteiger partial charge on any atom is -0.508 e. The predicted molar refractivity (Wildman–Crippen MR) is 325 cm³/mol. The summed E-state index contributed by atoms with van der Waals surface area (Å²) in [7, 11) is 0. The van der Waals surface area contributed by atoms with Gasteiger partial charge in [-0.1, -0.05) is 227 Å². The first kappa shape index (κ1) is 58.2. The minimum atomic E-state index is -0.316. The van der Waals surface area contributed by atoms with E-state index in [0.717, 1.165) is 55.6 Å². The van der Waals surface area contributed by atoms with Crippen molar-refractivity contribution in [3.05, 3.63) is 140 Å². The maximum Gasteiger partial charge on any atom is 0.132 e. The van der Waals surface area contributed by atoms with Crippen LogP contribution < -0.4 is 0 Å². The highest BCUT2D eigenvalue weighted by Gasteiger charge is 2.39. The number of hydrogen-bond acceptors (Lipinski definition) is 2. The van der Waals surface area contributed by atoms with E-state index in [9.17, 15) is 10.2 Å². The molecule has 0 spiro atoms. The normalized spacial score (nSPS) is 13.5. The molecule has 0 aliphatic carbocycles. The fraction of sp³-hybridized carbons (Fsp3) is 0.500. The van der Waals surface area contributed by atoms with Crippen LogP contribution in [0.4, 0.5) is 0 Å². The van der Waals surface area contributed by atoms with Gasteiger partial charge in [0, 0.05) is 22.3 Å². The van der Waals surface area contributed by atoms with Crippen LogP contribution in [0.3, 0.4) is 0 Å². The van der Waals surface area contributed by atoms with Crippen molar-refractivity contribution in [1.82, 2.24) is 0 Å². The first-order chi connectivity index (χ1) is 33.3. The number of aryl methyl sites for hydroxylation is 4. The maximum atomic E-state index is 14.8. The van der Waals surface area contributed by atoms with Crippen LogP contribution in [0.15, 0.2) is 72.8 Å². The monoisotopic (exact) mass is 995 g/mol. The van der Waals surface area contributed by atoms with Crippen LogP contribution in [-0.4, -0.2) is 10.2 Å². The summed E-state index contributed by atoms with van der Waals surface area (Å²) in [5.74, 6) is 0.499. The van der Waals surface area contributed by atoms with Gasteiger partial charge in [0.05, 0.1) is 0 Å². The van der Waals surface area contributed by atoms with Crippen molar-refractivity contribution in [1.29, 1.82) is 0 Å². The lowest BCUT2D eigenvalue weighted by atomic mass is 9.67. The van der Waals surface area contributed by atoms with Crippen molar-refractivity contribution in [3.8, 4) is 67.1 Å². The van der Waals surface area contributed by atoms with Gasteiger partial charge in [-0.2, -0.15) is 0 Å². The van der Waals surface area contributed by atoms with Gasteiger partial charge in [0.25, 0.3) is 0 Å². The van der Waals surface area contributed by atoms with Crippen LogP contribution in [0.2, 0.25) is 0 Å². The zero-order valence-electron chi connectivity index (χ0n) is 51.8. The van der Waals surface area contributed by atoms with Gasteiger partial charge in [-0.25, -0.2) is 0 Å². The Hall–Kier alpha value is -5.08. The summed E-state index contributed by atoms with van der Waals surface area (Å²) < 4.78 is 0. The van der Waals surface area contributed by atoms with E-state index >= 15 is 0 Å². The first-order valence-corrected chi connectivity index (χ1v) is 27.6. The van der Waals surface area contributed by atoms with E-state index in [2.05, 4.69) is 255 Å². The molecule has 0 bridgehead atoms. The van der Waals surface area contributed by atoms with Crippen LogP contribution in [0.1, 0.15) is 233 Å². The van der Waals surface area contributed by atoms with Gasteiger partial charge in [-0.05, 0) is 183 Å². The van der Waals surface area contributed by atoms with E-state index in [4.69, 9.17) is 0 Å². The van der Waals surface area contributed by atoms with Gasteiger partial charge in [-0.3, -0.25) is 0 Å². The Labute approximate surface area is 451 Å². The Kier molecular flexibility index (Phi) is 14.8. The molecule has 6 aromatic rings. The molecule has 0 unspecified atom stereocenters. The maximum absolute atomic E-state index is 14.8. The third-order valence-electron chi connectivity index (χ3n) is 15.6. The van der Waals surface area contributed by atoms with E-state index < -0.39 is 0 Å². The highest BCUT2D eigenvalue weighted by atomic mass is 16.3. The molecule has 0 radical (unpaired) electrons. The molecule has 0 aliphatic heterocycles. The lowest BCUT2D eigenvalue weighted by molar-refractivity contribution is 0.475. The topological polar surface area (TPSA) is 40.5 Å². The molecule has 398 valence electrons. The molecule has 2 nitrogen and oxygen atoms in total. The Morgan fingerprint density at radius 2 is 0.446 bits per heavy atom. The third-order valence-corrected chi connectivity index (χ3v) is 15.6. The summed E-state index contributed by atoms with van der Waals surface area (Å²) in [5.41, 5.74) is 23.2. The highest BCUT2D eigenvalue weighted by Crippen LogP contribution is 2.61. The standard InChI is InChI=1S/C72H98O2/c1-41-33-47(55(69(17,18)19)37-51(41)65(5,6)7)60-59(45-29-31-46(73)32-30-45)61(48-34-42(2)52(66(8,9)10)38-56(48)70(20,21)22)63(50-36-44(4)54(68(14,15)16)40-58(50)72(26,27)28)64(74)62(60)49-35-43(3)53(67(11,12)13)39-57(49)71(23,24)25/h29-40,73-74H,1-28H3. The predicted octanol–water partition coefficient (Wildman–Crippen LogP) is 21.0. The number of phenols is 2. The Morgan fingerprint density at radius 3 is 0.649 bits per heavy atom. The average molecular weight is 996 g/mol. The zero-order chi connectivity index (χ0) is 56.3. The van der Waals surface area contributed by atoms with Crippen molar-refractivity contribution >= 4 is 0 Å². The first-order valence-electron chi connectivity index (χ1n) is 27.6. The molecule has 74 heavy (non-hydrogen) atoms. The molecular formula is C72H98O2. The molecule has 0 aliphatic rings. The second-order valence-corrected chi connectivity index (χ2v) is 30.6. The van der Waals surface area contributed by atoms with E-state index in [1.165, 1.54) is 66.8 Å². The molecule has 0 saturated carbocycles. The summed E-state index contributed by atoms with van der Waals surface area (Å²) in [6.45, 7) is 64.8. The molecule has 0 fully saturated rings. The van der Waals surface area contributed by atoms with Crippen molar-refractivity contribution < 1.29 is 10.2 Å². The lowest BCUT2D eigenvalue weighted by Gasteiger charge is -2.36. The zero-order valence-corrected chi connectivity index (χ0v) is 51.8. The van der Waals surface area contributed by atoms with Gasteiger partial charge in [0.15, 0.2) is 0 Å². The summed E-state index contributed by atoms with van der Waals surface area (Å²) in [4.78, 5) is 0. The minimum absolute atomic E-state index is 0.115. The van der Waals surface area contributed by atoms with E-state index in [1.54, 1.807) is 0 Å². The van der Waals surface area contributed by atoms with Gasteiger partial charge in [0.2, 0.25) is 0 Å². The molecule has 2 heteroatoms. The molecule has 6 aromatic carbocycles. The SMILES string of the molecule is Cc1cc(-c2c(O)c(-c3cc(C)c(C(C)(C)C)cc3C(C)(C)C)c(-c3cc(C)c(C(C)(C)C)cc3C(C)(C)C)c(-c3ccc(O)cc3)c2-c2cc(C)c(C(C)(C)C)cc2C(C)(C)C)c(C(C)(C)C)cc1C(C)(C)C. The number of rotatable bonds is 5. The van der Waals surface area contributed by atoms with E-state index in [0.29, 0.717) is 0 Å². The number of phenolic OH excluding ortho intramolecular Hbond substituents is 2. The molecule has 0 heterocycles. The Bertz CT molecular complexity index is 2940. The molecule has 0 aromatic heterocycles. The smallest absolute Gasteiger partial charge is 0.132 e. The molecule has 0 amide bonds. The van der Waals surface area contributed by atoms with Crippen LogP contribution >= 0.6 is 0 Å². The van der Waals surface area contributed by atoms with Crippen LogP contribution in [0, 0.1) is 27.7 Å². The van der Waals surface area contributed by atoms with E-state index in [-0.39, 0.29) is 54.8 Å². The van der Waals surface area contributed by atoms with Crippen LogP contribution in [-0.2, 0) is 43.3 Å².